The Morgan fingerprint density at radius 2 is 2.10 bits per heavy atom. The van der Waals surface area contributed by atoms with Crippen molar-refractivity contribution in [2.75, 3.05) is 37.7 Å². The van der Waals surface area contributed by atoms with Crippen molar-refractivity contribution in [1.29, 1.82) is 0 Å². The van der Waals surface area contributed by atoms with Gasteiger partial charge in [0.2, 0.25) is 5.88 Å². The number of nitrogens with zero attached hydrogens (tertiary/aromatic N) is 5. The van der Waals surface area contributed by atoms with Gasteiger partial charge < -0.3 is 14.4 Å². The van der Waals surface area contributed by atoms with Crippen molar-refractivity contribution < 1.29 is 18.3 Å². The first kappa shape index (κ1) is 19.7. The van der Waals surface area contributed by atoms with Crippen molar-refractivity contribution in [2.24, 2.45) is 0 Å². The third-order valence-corrected chi connectivity index (χ3v) is 7.46. The van der Waals surface area contributed by atoms with E-state index in [0.29, 0.717) is 30.8 Å². The van der Waals surface area contributed by atoms with Gasteiger partial charge in [0.05, 0.1) is 11.6 Å². The van der Waals surface area contributed by atoms with Crippen LogP contribution in [0.15, 0.2) is 0 Å². The highest BCUT2D eigenvalue weighted by Crippen LogP contribution is 2.42. The molecule has 2 aromatic rings. The van der Waals surface area contributed by atoms with Crippen molar-refractivity contribution in [3.63, 3.8) is 0 Å². The first-order valence-electron chi connectivity index (χ1n) is 11.0. The Bertz CT molecular complexity index is 1040. The maximum Gasteiger partial charge on any atom is 0.319 e. The van der Waals surface area contributed by atoms with Crippen LogP contribution in [0, 0.1) is 5.82 Å². The molecule has 7 nitrogen and oxygen atoms in total. The van der Waals surface area contributed by atoms with E-state index in [2.05, 4.69) is 24.8 Å². The predicted octanol–water partition coefficient (Wildman–Crippen LogP) is 3.52. The second-order valence-electron chi connectivity index (χ2n) is 9.09. The number of anilines is 1. The van der Waals surface area contributed by atoms with Gasteiger partial charge in [0.25, 0.3) is 0 Å². The van der Waals surface area contributed by atoms with Crippen LogP contribution in [-0.2, 0) is 0 Å². The van der Waals surface area contributed by atoms with Crippen LogP contribution >= 0.6 is 11.6 Å². The molecule has 2 aromatic heterocycles. The minimum absolute atomic E-state index is 0.0526. The fourth-order valence-electron chi connectivity index (χ4n) is 5.73. The van der Waals surface area contributed by atoms with Gasteiger partial charge in [0, 0.05) is 19.5 Å². The topological polar surface area (TPSA) is 63.6 Å². The average molecular weight is 452 g/mol. The molecular weight excluding hydrogens is 428 g/mol. The lowest BCUT2D eigenvalue weighted by atomic mass is 9.95. The molecule has 4 aliphatic rings. The van der Waals surface area contributed by atoms with Crippen LogP contribution in [0.1, 0.15) is 38.5 Å². The second-order valence-corrected chi connectivity index (χ2v) is 9.45. The zero-order valence-electron chi connectivity index (χ0n) is 17.1. The molecule has 3 fully saturated rings. The maximum absolute atomic E-state index is 15.0. The molecule has 10 heteroatoms. The lowest BCUT2D eigenvalue weighted by Crippen LogP contribution is -2.44. The smallest absolute Gasteiger partial charge is 0.319 e. The molecule has 166 valence electrons. The van der Waals surface area contributed by atoms with E-state index in [1.165, 1.54) is 0 Å². The molecule has 0 amide bonds. The largest absolute Gasteiger partial charge is 0.475 e. The summed E-state index contributed by atoms with van der Waals surface area (Å²) in [5.41, 5.74) is -0.279. The number of aromatic nitrogens is 3. The van der Waals surface area contributed by atoms with Gasteiger partial charge in [-0.3, -0.25) is 4.90 Å². The highest BCUT2D eigenvalue weighted by molar-refractivity contribution is 6.30. The van der Waals surface area contributed by atoms with Gasteiger partial charge in [-0.15, -0.1) is 0 Å². The molecule has 0 N–H and O–H groups in total. The highest BCUT2D eigenvalue weighted by atomic mass is 35.5. The molecule has 3 saturated heterocycles. The van der Waals surface area contributed by atoms with Crippen molar-refractivity contribution in [3.05, 3.63) is 11.0 Å². The van der Waals surface area contributed by atoms with E-state index in [1.807, 2.05) is 0 Å². The lowest BCUT2D eigenvalue weighted by molar-refractivity contribution is 0.107. The van der Waals surface area contributed by atoms with Crippen LogP contribution in [-0.4, -0.2) is 70.5 Å². The van der Waals surface area contributed by atoms with Crippen molar-refractivity contribution >= 4 is 28.3 Å². The number of hydrogen-bond acceptors (Lipinski definition) is 7. The summed E-state index contributed by atoms with van der Waals surface area (Å²) in [4.78, 5) is 17.5. The van der Waals surface area contributed by atoms with Gasteiger partial charge in [0.1, 0.15) is 36.1 Å². The first-order chi connectivity index (χ1) is 15.0. The van der Waals surface area contributed by atoms with Gasteiger partial charge >= 0.3 is 6.01 Å². The fraction of sp³-hybridized carbons (Fsp3) is 0.667. The monoisotopic (exact) mass is 451 g/mol. The number of fused-ring (bicyclic) bond motifs is 3. The molecule has 0 aromatic carbocycles. The van der Waals surface area contributed by atoms with Gasteiger partial charge in [-0.2, -0.15) is 15.0 Å². The summed E-state index contributed by atoms with van der Waals surface area (Å²) in [6.45, 7) is 2.83. The summed E-state index contributed by atoms with van der Waals surface area (Å²) < 4.78 is 41.0. The van der Waals surface area contributed by atoms with Gasteiger partial charge in [-0.25, -0.2) is 8.78 Å². The quantitative estimate of drug-likeness (QED) is 0.661. The third-order valence-electron chi connectivity index (χ3n) is 7.21. The van der Waals surface area contributed by atoms with Crippen LogP contribution < -0.4 is 14.4 Å². The number of alkyl halides is 1. The van der Waals surface area contributed by atoms with Crippen LogP contribution in [0.2, 0.25) is 5.15 Å². The normalized spacial score (nSPS) is 30.1. The summed E-state index contributed by atoms with van der Waals surface area (Å²) in [5, 5.41) is 0.151. The van der Waals surface area contributed by atoms with Crippen LogP contribution in [0.5, 0.6) is 11.9 Å². The van der Waals surface area contributed by atoms with E-state index < -0.39 is 12.0 Å². The van der Waals surface area contributed by atoms with Gasteiger partial charge in [0.15, 0.2) is 11.0 Å². The number of rotatable bonds is 3. The highest BCUT2D eigenvalue weighted by Gasteiger charge is 2.49. The SMILES string of the molecule is Fc1c(Cl)nc2c3c(nc(OC[C@@]45CCCN4C[C@H](F)C5)nc13)N1CCCCC1CO2. The van der Waals surface area contributed by atoms with E-state index in [9.17, 15) is 8.78 Å². The third kappa shape index (κ3) is 3.11. The first-order valence-corrected chi connectivity index (χ1v) is 11.4. The van der Waals surface area contributed by atoms with Crippen LogP contribution in [0.25, 0.3) is 10.9 Å². The minimum atomic E-state index is -0.845. The molecule has 0 aliphatic carbocycles. The Labute approximate surface area is 183 Å². The van der Waals surface area contributed by atoms with E-state index in [0.717, 1.165) is 45.2 Å². The Hall–Kier alpha value is -2.00. The molecule has 31 heavy (non-hydrogen) atoms. The Morgan fingerprint density at radius 3 is 3.00 bits per heavy atom. The Balaban J connectivity index is 1.41. The number of pyridine rings is 1. The number of halogens is 3. The minimum Gasteiger partial charge on any atom is -0.475 e. The van der Waals surface area contributed by atoms with Crippen LogP contribution in [0.3, 0.4) is 0 Å². The Morgan fingerprint density at radius 1 is 1.19 bits per heavy atom. The van der Waals surface area contributed by atoms with Crippen molar-refractivity contribution in [3.8, 4) is 11.9 Å². The summed E-state index contributed by atoms with van der Waals surface area (Å²) in [7, 11) is 0. The van der Waals surface area contributed by atoms with Crippen molar-refractivity contribution in [1.82, 2.24) is 19.9 Å². The summed E-state index contributed by atoms with van der Waals surface area (Å²) in [6, 6.07) is 0.214. The maximum atomic E-state index is 15.0. The average Bonchev–Trinajstić information content (AvgIpc) is 3.24. The molecule has 0 spiro atoms. The zero-order chi connectivity index (χ0) is 21.2. The van der Waals surface area contributed by atoms with E-state index in [-0.39, 0.29) is 40.7 Å². The summed E-state index contributed by atoms with van der Waals surface area (Å²) in [6.07, 6.45) is 4.58. The molecule has 6 rings (SSSR count). The lowest BCUT2D eigenvalue weighted by Gasteiger charge is -2.35. The summed E-state index contributed by atoms with van der Waals surface area (Å²) >= 11 is 6.05. The van der Waals surface area contributed by atoms with E-state index in [1.54, 1.807) is 0 Å². The summed E-state index contributed by atoms with van der Waals surface area (Å²) in [5.74, 6) is 0.128. The molecule has 4 aliphatic heterocycles. The number of ether oxygens (including phenoxy) is 2. The molecule has 0 bridgehead atoms. The Kier molecular flexibility index (Phi) is 4.61. The van der Waals surface area contributed by atoms with Crippen LogP contribution in [0.4, 0.5) is 14.6 Å². The molecule has 1 unspecified atom stereocenters. The zero-order valence-corrected chi connectivity index (χ0v) is 17.9. The van der Waals surface area contributed by atoms with Gasteiger partial charge in [-0.05, 0) is 38.6 Å². The van der Waals surface area contributed by atoms with Gasteiger partial charge in [-0.1, -0.05) is 11.6 Å². The molecule has 0 radical (unpaired) electrons. The second kappa shape index (κ2) is 7.27. The predicted molar refractivity (Wildman–Crippen MR) is 111 cm³/mol. The molecular formula is C21H24ClF2N5O2. The standard InChI is InChI=1S/C21H24ClF2N5O2/c22-17-15(24)16-14-18(29-7-2-1-4-13(29)10-30-19(14)26-17)27-20(25-16)31-11-21-5-3-6-28(21)9-12(23)8-21/h12-13H,1-11H2/t12-,13?,21+/m1/s1. The molecule has 6 heterocycles. The number of hydrogen-bond donors (Lipinski definition) is 0. The number of piperidine rings is 1. The molecule has 0 saturated carbocycles. The fourth-order valence-corrected chi connectivity index (χ4v) is 5.90. The van der Waals surface area contributed by atoms with E-state index >= 15 is 0 Å². The molecule has 3 atom stereocenters. The van der Waals surface area contributed by atoms with E-state index in [4.69, 9.17) is 21.1 Å². The van der Waals surface area contributed by atoms with Crippen molar-refractivity contribution in [2.45, 2.75) is 56.3 Å².